The predicted molar refractivity (Wildman–Crippen MR) is 100 cm³/mol. The van der Waals surface area contributed by atoms with Gasteiger partial charge in [-0.3, -0.25) is 9.69 Å². The molecule has 1 aromatic carbocycles. The van der Waals surface area contributed by atoms with Crippen LogP contribution >= 0.6 is 0 Å². The molecule has 6 heteroatoms. The maximum atomic E-state index is 12.5. The largest absolute Gasteiger partial charge is 0.491 e. The molecule has 6 nitrogen and oxygen atoms in total. The van der Waals surface area contributed by atoms with Gasteiger partial charge in [0.15, 0.2) is 0 Å². The summed E-state index contributed by atoms with van der Waals surface area (Å²) in [4.78, 5) is 26.3. The van der Waals surface area contributed by atoms with Gasteiger partial charge in [0.25, 0.3) is 0 Å². The van der Waals surface area contributed by atoms with E-state index >= 15 is 0 Å². The Labute approximate surface area is 155 Å². The van der Waals surface area contributed by atoms with E-state index in [4.69, 9.17) is 9.47 Å². The standard InChI is InChI=1S/C20H30N2O4/c1-14(2)25-16-10-8-15(9-11-16)13-21-18(23)17-7-6-12-22(17)19(24)26-20(3,4)5/h8-11,14,17H,6-7,12-13H2,1-5H3,(H,21,23). The summed E-state index contributed by atoms with van der Waals surface area (Å²) in [7, 11) is 0. The number of hydrogen-bond donors (Lipinski definition) is 1. The molecule has 0 radical (unpaired) electrons. The monoisotopic (exact) mass is 362 g/mol. The first-order valence-electron chi connectivity index (χ1n) is 9.18. The van der Waals surface area contributed by atoms with Crippen LogP contribution < -0.4 is 10.1 Å². The number of ether oxygens (including phenoxy) is 2. The van der Waals surface area contributed by atoms with Crippen molar-refractivity contribution in [1.82, 2.24) is 10.2 Å². The van der Waals surface area contributed by atoms with Gasteiger partial charge in [0.2, 0.25) is 5.91 Å². The Balaban J connectivity index is 1.89. The molecule has 1 aromatic rings. The molecule has 144 valence electrons. The van der Waals surface area contributed by atoms with Crippen LogP contribution in [0.3, 0.4) is 0 Å². The predicted octanol–water partition coefficient (Wildman–Crippen LogP) is 3.49. The van der Waals surface area contributed by atoms with Gasteiger partial charge in [0, 0.05) is 13.1 Å². The molecule has 0 aromatic heterocycles. The number of nitrogens with one attached hydrogen (secondary N) is 1. The van der Waals surface area contributed by atoms with Gasteiger partial charge in [-0.15, -0.1) is 0 Å². The third-order valence-corrected chi connectivity index (χ3v) is 3.95. The fourth-order valence-electron chi connectivity index (χ4n) is 2.84. The summed E-state index contributed by atoms with van der Waals surface area (Å²) >= 11 is 0. The molecule has 1 unspecified atom stereocenters. The van der Waals surface area contributed by atoms with Crippen LogP contribution in [0.25, 0.3) is 0 Å². The van der Waals surface area contributed by atoms with Gasteiger partial charge in [-0.05, 0) is 65.2 Å². The first-order valence-corrected chi connectivity index (χ1v) is 9.18. The van der Waals surface area contributed by atoms with Crippen LogP contribution in [0.4, 0.5) is 4.79 Å². The van der Waals surface area contributed by atoms with Gasteiger partial charge < -0.3 is 14.8 Å². The van der Waals surface area contributed by atoms with Gasteiger partial charge in [0.05, 0.1) is 6.10 Å². The number of amides is 2. The van der Waals surface area contributed by atoms with Crippen molar-refractivity contribution in [1.29, 1.82) is 0 Å². The lowest BCUT2D eigenvalue weighted by molar-refractivity contribution is -0.125. The molecule has 1 aliphatic heterocycles. The number of carbonyl (C=O) groups is 2. The van der Waals surface area contributed by atoms with E-state index in [-0.39, 0.29) is 12.0 Å². The summed E-state index contributed by atoms with van der Waals surface area (Å²) in [6, 6.07) is 7.18. The number of benzene rings is 1. The zero-order valence-corrected chi connectivity index (χ0v) is 16.4. The van der Waals surface area contributed by atoms with Crippen LogP contribution in [0.15, 0.2) is 24.3 Å². The Morgan fingerprint density at radius 2 is 1.88 bits per heavy atom. The highest BCUT2D eigenvalue weighted by Gasteiger charge is 2.36. The second-order valence-corrected chi connectivity index (χ2v) is 7.86. The number of rotatable bonds is 5. The summed E-state index contributed by atoms with van der Waals surface area (Å²) < 4.78 is 11.0. The molecule has 1 heterocycles. The quantitative estimate of drug-likeness (QED) is 0.871. The Hall–Kier alpha value is -2.24. The number of nitrogens with zero attached hydrogens (tertiary/aromatic N) is 1. The molecule has 1 atom stereocenters. The highest BCUT2D eigenvalue weighted by Crippen LogP contribution is 2.21. The first kappa shape index (κ1) is 20.1. The summed E-state index contributed by atoms with van der Waals surface area (Å²) in [6.45, 7) is 10.4. The average molecular weight is 362 g/mol. The lowest BCUT2D eigenvalue weighted by Crippen LogP contribution is -2.47. The highest BCUT2D eigenvalue weighted by molar-refractivity contribution is 5.86. The summed E-state index contributed by atoms with van der Waals surface area (Å²) in [5.41, 5.74) is 0.414. The molecule has 0 aliphatic carbocycles. The molecule has 1 fully saturated rings. The van der Waals surface area contributed by atoms with Crippen molar-refractivity contribution in [3.63, 3.8) is 0 Å². The van der Waals surface area contributed by atoms with E-state index in [0.29, 0.717) is 19.5 Å². The zero-order valence-electron chi connectivity index (χ0n) is 16.4. The topological polar surface area (TPSA) is 67.9 Å². The van der Waals surface area contributed by atoms with Crippen molar-refractivity contribution in [3.8, 4) is 5.75 Å². The van der Waals surface area contributed by atoms with Crippen LogP contribution in [0, 0.1) is 0 Å². The minimum atomic E-state index is -0.569. The van der Waals surface area contributed by atoms with Crippen molar-refractivity contribution in [3.05, 3.63) is 29.8 Å². The summed E-state index contributed by atoms with van der Waals surface area (Å²) in [5.74, 6) is 0.665. The Morgan fingerprint density at radius 1 is 1.23 bits per heavy atom. The molecule has 2 amide bonds. The third kappa shape index (κ3) is 5.93. The highest BCUT2D eigenvalue weighted by atomic mass is 16.6. The Morgan fingerprint density at radius 3 is 2.46 bits per heavy atom. The molecule has 0 bridgehead atoms. The molecule has 26 heavy (non-hydrogen) atoms. The van der Waals surface area contributed by atoms with Gasteiger partial charge in [-0.25, -0.2) is 4.79 Å². The maximum absolute atomic E-state index is 12.5. The van der Waals surface area contributed by atoms with Crippen molar-refractivity contribution in [2.45, 2.75) is 71.8 Å². The van der Waals surface area contributed by atoms with E-state index in [1.165, 1.54) is 4.90 Å². The second-order valence-electron chi connectivity index (χ2n) is 7.86. The van der Waals surface area contributed by atoms with Gasteiger partial charge in [-0.1, -0.05) is 12.1 Å². The number of hydrogen-bond acceptors (Lipinski definition) is 4. The summed E-state index contributed by atoms with van der Waals surface area (Å²) in [6.07, 6.45) is 1.16. The van der Waals surface area contributed by atoms with E-state index < -0.39 is 17.7 Å². The minimum absolute atomic E-state index is 0.127. The van der Waals surface area contributed by atoms with Crippen molar-refractivity contribution < 1.29 is 19.1 Å². The Kier molecular flexibility index (Phi) is 6.51. The SMILES string of the molecule is CC(C)Oc1ccc(CNC(=O)C2CCCN2C(=O)OC(C)(C)C)cc1. The lowest BCUT2D eigenvalue weighted by Gasteiger charge is -2.28. The average Bonchev–Trinajstić information content (AvgIpc) is 3.01. The fourth-order valence-corrected chi connectivity index (χ4v) is 2.84. The molecular weight excluding hydrogens is 332 g/mol. The number of likely N-dealkylation sites (tertiary alicyclic amines) is 1. The summed E-state index contributed by atoms with van der Waals surface area (Å²) in [5, 5.41) is 2.92. The molecule has 1 saturated heterocycles. The second kappa shape index (κ2) is 8.43. The molecular formula is C20H30N2O4. The fraction of sp³-hybridized carbons (Fsp3) is 0.600. The first-order chi connectivity index (χ1) is 12.2. The van der Waals surface area contributed by atoms with Gasteiger partial charge in [-0.2, -0.15) is 0 Å². The maximum Gasteiger partial charge on any atom is 0.410 e. The van der Waals surface area contributed by atoms with E-state index in [1.807, 2.05) is 58.9 Å². The third-order valence-electron chi connectivity index (χ3n) is 3.95. The van der Waals surface area contributed by atoms with E-state index in [1.54, 1.807) is 0 Å². The van der Waals surface area contributed by atoms with E-state index in [0.717, 1.165) is 17.7 Å². The van der Waals surface area contributed by atoms with Crippen molar-refractivity contribution in [2.75, 3.05) is 6.54 Å². The van der Waals surface area contributed by atoms with Gasteiger partial charge in [0.1, 0.15) is 17.4 Å². The molecule has 2 rings (SSSR count). The van der Waals surface area contributed by atoms with Crippen molar-refractivity contribution in [2.24, 2.45) is 0 Å². The van der Waals surface area contributed by atoms with E-state index in [9.17, 15) is 9.59 Å². The van der Waals surface area contributed by atoms with Crippen LogP contribution in [0.5, 0.6) is 5.75 Å². The van der Waals surface area contributed by atoms with Crippen LogP contribution in [-0.4, -0.2) is 41.2 Å². The zero-order chi connectivity index (χ0) is 19.3. The van der Waals surface area contributed by atoms with E-state index in [2.05, 4.69) is 5.32 Å². The molecule has 1 N–H and O–H groups in total. The van der Waals surface area contributed by atoms with Crippen molar-refractivity contribution >= 4 is 12.0 Å². The minimum Gasteiger partial charge on any atom is -0.491 e. The van der Waals surface area contributed by atoms with Crippen LogP contribution in [0.1, 0.15) is 53.0 Å². The van der Waals surface area contributed by atoms with Crippen LogP contribution in [-0.2, 0) is 16.1 Å². The number of carbonyl (C=O) groups excluding carboxylic acids is 2. The lowest BCUT2D eigenvalue weighted by atomic mass is 10.2. The Bertz CT molecular complexity index is 620. The smallest absolute Gasteiger partial charge is 0.410 e. The molecule has 1 aliphatic rings. The van der Waals surface area contributed by atoms with Crippen LogP contribution in [0.2, 0.25) is 0 Å². The normalized spacial score (nSPS) is 17.3. The van der Waals surface area contributed by atoms with Gasteiger partial charge >= 0.3 is 6.09 Å². The molecule has 0 saturated carbocycles. The molecule has 0 spiro atoms.